The fraction of sp³-hybridized carbons (Fsp3) is 0.0870. The Labute approximate surface area is 174 Å². The van der Waals surface area contributed by atoms with E-state index in [-0.39, 0.29) is 16.8 Å². The van der Waals surface area contributed by atoms with Crippen LogP contribution in [-0.4, -0.2) is 30.8 Å². The van der Waals surface area contributed by atoms with Crippen LogP contribution in [0.4, 0.5) is 5.69 Å². The lowest BCUT2D eigenvalue weighted by molar-refractivity contribution is 0.0827. The predicted molar refractivity (Wildman–Crippen MR) is 114 cm³/mol. The summed E-state index contributed by atoms with van der Waals surface area (Å²) in [5.74, 6) is -0.553. The topological polar surface area (TPSA) is 73.2 Å². The van der Waals surface area contributed by atoms with Gasteiger partial charge in [0.05, 0.1) is 22.2 Å². The van der Waals surface area contributed by atoms with Crippen molar-refractivity contribution < 1.29 is 9.59 Å². The second-order valence-electron chi connectivity index (χ2n) is 6.55. The van der Waals surface area contributed by atoms with Crippen molar-refractivity contribution in [2.24, 2.45) is 0 Å². The molecule has 3 aromatic carbocycles. The summed E-state index contributed by atoms with van der Waals surface area (Å²) in [5.41, 5.74) is 3.09. The molecule has 5 nitrogen and oxygen atoms in total. The van der Waals surface area contributed by atoms with Gasteiger partial charge in [-0.2, -0.15) is 5.26 Å². The van der Waals surface area contributed by atoms with Crippen LogP contribution in [0.5, 0.6) is 0 Å². The Kier molecular flexibility index (Phi) is 5.96. The van der Waals surface area contributed by atoms with E-state index in [4.69, 9.17) is 11.6 Å². The van der Waals surface area contributed by atoms with E-state index in [0.717, 1.165) is 0 Å². The third kappa shape index (κ3) is 4.29. The van der Waals surface area contributed by atoms with Crippen LogP contribution in [0.2, 0.25) is 5.02 Å². The van der Waals surface area contributed by atoms with Crippen molar-refractivity contribution >= 4 is 29.1 Å². The first-order valence-electron chi connectivity index (χ1n) is 8.83. The zero-order valence-corrected chi connectivity index (χ0v) is 16.7. The lowest BCUT2D eigenvalue weighted by atomic mass is 9.95. The van der Waals surface area contributed by atoms with Gasteiger partial charge in [0.15, 0.2) is 0 Å². The normalized spacial score (nSPS) is 10.1. The molecular weight excluding hydrogens is 386 g/mol. The molecule has 0 bridgehead atoms. The molecule has 0 aliphatic rings. The number of benzene rings is 3. The van der Waals surface area contributed by atoms with Gasteiger partial charge in [-0.25, -0.2) is 0 Å². The van der Waals surface area contributed by atoms with Gasteiger partial charge < -0.3 is 10.2 Å². The van der Waals surface area contributed by atoms with E-state index in [1.807, 2.05) is 18.2 Å². The van der Waals surface area contributed by atoms with Crippen molar-refractivity contribution in [3.05, 3.63) is 88.4 Å². The van der Waals surface area contributed by atoms with Crippen LogP contribution in [0, 0.1) is 11.3 Å². The Hall–Kier alpha value is -3.62. The highest BCUT2D eigenvalue weighted by Gasteiger charge is 2.17. The second kappa shape index (κ2) is 8.59. The van der Waals surface area contributed by atoms with Gasteiger partial charge in [-0.3, -0.25) is 9.59 Å². The standard InChI is InChI=1S/C23H18ClN3O2/c1-27(2)23(29)20-12-11-16(13-21(20)24)26-22(28)19-10-6-5-9-18(19)17-8-4-3-7-15(17)14-25/h3-13H,1-2H3,(H,26,28). The molecule has 0 spiro atoms. The van der Waals surface area contributed by atoms with Crippen LogP contribution in [0.15, 0.2) is 66.7 Å². The SMILES string of the molecule is CN(C)C(=O)c1ccc(NC(=O)c2ccccc2-c2ccccc2C#N)cc1Cl. The molecular formula is C23H18ClN3O2. The summed E-state index contributed by atoms with van der Waals surface area (Å²) in [6.07, 6.45) is 0. The third-order valence-corrected chi connectivity index (χ3v) is 4.69. The zero-order valence-electron chi connectivity index (χ0n) is 15.9. The van der Waals surface area contributed by atoms with Crippen molar-refractivity contribution in [3.8, 4) is 17.2 Å². The number of amides is 2. The number of nitriles is 1. The highest BCUT2D eigenvalue weighted by atomic mass is 35.5. The number of hydrogen-bond acceptors (Lipinski definition) is 3. The molecule has 3 aromatic rings. The van der Waals surface area contributed by atoms with Gasteiger partial charge in [-0.1, -0.05) is 48.0 Å². The molecule has 0 unspecified atom stereocenters. The summed E-state index contributed by atoms with van der Waals surface area (Å²) < 4.78 is 0. The van der Waals surface area contributed by atoms with E-state index >= 15 is 0 Å². The number of anilines is 1. The van der Waals surface area contributed by atoms with E-state index in [1.165, 1.54) is 4.90 Å². The molecule has 0 fully saturated rings. The van der Waals surface area contributed by atoms with Gasteiger partial charge in [-0.05, 0) is 35.9 Å². The molecule has 0 heterocycles. The van der Waals surface area contributed by atoms with E-state index in [1.54, 1.807) is 62.6 Å². The average Bonchev–Trinajstić information content (AvgIpc) is 2.73. The molecule has 1 N–H and O–H groups in total. The predicted octanol–water partition coefficient (Wildman–Crippen LogP) is 4.83. The summed E-state index contributed by atoms with van der Waals surface area (Å²) in [6, 6.07) is 21.1. The lowest BCUT2D eigenvalue weighted by Gasteiger charge is -2.14. The number of nitrogens with one attached hydrogen (secondary N) is 1. The van der Waals surface area contributed by atoms with E-state index in [2.05, 4.69) is 11.4 Å². The molecule has 0 saturated carbocycles. The van der Waals surface area contributed by atoms with Gasteiger partial charge in [0.2, 0.25) is 0 Å². The minimum atomic E-state index is -0.337. The minimum Gasteiger partial charge on any atom is -0.345 e. The Bertz CT molecular complexity index is 1130. The Balaban J connectivity index is 1.93. The number of halogens is 1. The summed E-state index contributed by atoms with van der Waals surface area (Å²) in [5, 5.41) is 12.5. The van der Waals surface area contributed by atoms with Crippen LogP contribution < -0.4 is 5.32 Å². The van der Waals surface area contributed by atoms with Crippen molar-refractivity contribution in [3.63, 3.8) is 0 Å². The molecule has 0 atom stereocenters. The summed E-state index contributed by atoms with van der Waals surface area (Å²) >= 11 is 6.23. The van der Waals surface area contributed by atoms with E-state index in [9.17, 15) is 14.9 Å². The second-order valence-corrected chi connectivity index (χ2v) is 6.96. The highest BCUT2D eigenvalue weighted by Crippen LogP contribution is 2.28. The van der Waals surface area contributed by atoms with Crippen molar-refractivity contribution in [2.45, 2.75) is 0 Å². The zero-order chi connectivity index (χ0) is 21.0. The largest absolute Gasteiger partial charge is 0.345 e. The molecule has 0 saturated heterocycles. The first-order chi connectivity index (χ1) is 13.9. The summed E-state index contributed by atoms with van der Waals surface area (Å²) in [4.78, 5) is 26.5. The van der Waals surface area contributed by atoms with Gasteiger partial charge in [0, 0.05) is 30.9 Å². The number of hydrogen-bond donors (Lipinski definition) is 1. The highest BCUT2D eigenvalue weighted by molar-refractivity contribution is 6.34. The maximum Gasteiger partial charge on any atom is 0.256 e. The van der Waals surface area contributed by atoms with Gasteiger partial charge in [0.1, 0.15) is 0 Å². The Morgan fingerprint density at radius 3 is 2.24 bits per heavy atom. The molecule has 0 radical (unpaired) electrons. The van der Waals surface area contributed by atoms with E-state index < -0.39 is 0 Å². The van der Waals surface area contributed by atoms with Gasteiger partial charge >= 0.3 is 0 Å². The number of nitrogens with zero attached hydrogens (tertiary/aromatic N) is 2. The monoisotopic (exact) mass is 403 g/mol. The first-order valence-corrected chi connectivity index (χ1v) is 9.21. The number of carbonyl (C=O) groups excluding carboxylic acids is 2. The van der Waals surface area contributed by atoms with Gasteiger partial charge in [0.25, 0.3) is 11.8 Å². The van der Waals surface area contributed by atoms with Crippen molar-refractivity contribution in [2.75, 3.05) is 19.4 Å². The van der Waals surface area contributed by atoms with Crippen LogP contribution >= 0.6 is 11.6 Å². The molecule has 0 aliphatic heterocycles. The van der Waals surface area contributed by atoms with Crippen LogP contribution in [0.25, 0.3) is 11.1 Å². The molecule has 0 aliphatic carbocycles. The molecule has 6 heteroatoms. The minimum absolute atomic E-state index is 0.216. The maximum absolute atomic E-state index is 12.9. The number of carbonyl (C=O) groups is 2. The quantitative estimate of drug-likeness (QED) is 0.677. The fourth-order valence-electron chi connectivity index (χ4n) is 2.94. The Morgan fingerprint density at radius 2 is 1.59 bits per heavy atom. The summed E-state index contributed by atoms with van der Waals surface area (Å²) in [6.45, 7) is 0. The Morgan fingerprint density at radius 1 is 0.931 bits per heavy atom. The molecule has 0 aromatic heterocycles. The average molecular weight is 404 g/mol. The lowest BCUT2D eigenvalue weighted by Crippen LogP contribution is -2.22. The van der Waals surface area contributed by atoms with Crippen molar-refractivity contribution in [1.82, 2.24) is 4.90 Å². The molecule has 29 heavy (non-hydrogen) atoms. The molecule has 2 amide bonds. The third-order valence-electron chi connectivity index (χ3n) is 4.37. The van der Waals surface area contributed by atoms with Crippen LogP contribution in [0.1, 0.15) is 26.3 Å². The molecule has 3 rings (SSSR count). The van der Waals surface area contributed by atoms with Gasteiger partial charge in [-0.15, -0.1) is 0 Å². The van der Waals surface area contributed by atoms with E-state index in [0.29, 0.717) is 33.5 Å². The number of rotatable bonds is 4. The molecule has 144 valence electrons. The maximum atomic E-state index is 12.9. The van der Waals surface area contributed by atoms with Crippen LogP contribution in [0.3, 0.4) is 0 Å². The first kappa shape index (κ1) is 20.1. The van der Waals surface area contributed by atoms with Crippen molar-refractivity contribution in [1.29, 1.82) is 5.26 Å². The fourth-order valence-corrected chi connectivity index (χ4v) is 3.20. The smallest absolute Gasteiger partial charge is 0.256 e. The van der Waals surface area contributed by atoms with Crippen LogP contribution in [-0.2, 0) is 0 Å². The summed E-state index contributed by atoms with van der Waals surface area (Å²) in [7, 11) is 3.29.